The molecule has 0 saturated carbocycles. The Balaban J connectivity index is 2.01. The lowest BCUT2D eigenvalue weighted by Crippen LogP contribution is -1.84. The Morgan fingerprint density at radius 2 is 2.17 bits per heavy atom. The van der Waals surface area contributed by atoms with E-state index in [9.17, 15) is 0 Å². The van der Waals surface area contributed by atoms with E-state index in [0.717, 1.165) is 33.2 Å². The third-order valence-corrected chi connectivity index (χ3v) is 5.14. The molecule has 0 N–H and O–H groups in total. The van der Waals surface area contributed by atoms with Crippen molar-refractivity contribution in [3.63, 3.8) is 0 Å². The number of aromatic nitrogens is 2. The molecule has 5 heteroatoms. The lowest BCUT2D eigenvalue weighted by molar-refractivity contribution is 0.629. The third-order valence-electron chi connectivity index (χ3n) is 2.70. The van der Waals surface area contributed by atoms with Crippen molar-refractivity contribution in [3.8, 4) is 10.8 Å². The topological polar surface area (TPSA) is 38.9 Å². The van der Waals surface area contributed by atoms with Crippen LogP contribution in [0.2, 0.25) is 0 Å². The van der Waals surface area contributed by atoms with E-state index in [2.05, 4.69) is 33.1 Å². The molecule has 3 nitrogen and oxygen atoms in total. The quantitative estimate of drug-likeness (QED) is 0.650. The Morgan fingerprint density at radius 1 is 1.33 bits per heavy atom. The highest BCUT2D eigenvalue weighted by Gasteiger charge is 2.15. The molecule has 3 rings (SSSR count). The first-order valence-electron chi connectivity index (χ1n) is 5.74. The van der Waals surface area contributed by atoms with E-state index in [4.69, 9.17) is 4.42 Å². The molecule has 0 amide bonds. The highest BCUT2D eigenvalue weighted by molar-refractivity contribution is 9.09. The number of benzene rings is 1. The Bertz CT molecular complexity index is 643. The second-order valence-corrected chi connectivity index (χ2v) is 6.08. The molecular weight excluding hydrogens is 312 g/mol. The summed E-state index contributed by atoms with van der Waals surface area (Å²) in [7, 11) is 0. The van der Waals surface area contributed by atoms with Crippen molar-refractivity contribution in [2.24, 2.45) is 0 Å². The second-order valence-electron chi connectivity index (χ2n) is 3.97. The molecule has 0 radical (unpaired) electrons. The molecule has 2 heterocycles. The standard InChI is InChI=1S/C13H11BrN2OS/c1-2-9(14)12-15-16-13(18-12)11-7-8-5-3-4-6-10(8)17-11/h3-7,9H,2H2,1H3. The summed E-state index contributed by atoms with van der Waals surface area (Å²) in [5.74, 6) is 0.788. The molecule has 0 aliphatic carbocycles. The van der Waals surface area contributed by atoms with Gasteiger partial charge in [0.1, 0.15) is 10.6 Å². The molecule has 0 saturated heterocycles. The van der Waals surface area contributed by atoms with Crippen molar-refractivity contribution >= 4 is 38.2 Å². The van der Waals surface area contributed by atoms with Gasteiger partial charge < -0.3 is 4.42 Å². The van der Waals surface area contributed by atoms with E-state index in [1.54, 1.807) is 11.3 Å². The van der Waals surface area contributed by atoms with Gasteiger partial charge in [0.05, 0.1) is 4.83 Å². The van der Waals surface area contributed by atoms with E-state index in [1.165, 1.54) is 0 Å². The predicted molar refractivity (Wildman–Crippen MR) is 77.1 cm³/mol. The smallest absolute Gasteiger partial charge is 0.183 e. The summed E-state index contributed by atoms with van der Waals surface area (Å²) >= 11 is 5.15. The van der Waals surface area contributed by atoms with Crippen LogP contribution < -0.4 is 0 Å². The van der Waals surface area contributed by atoms with Gasteiger partial charge in [-0.3, -0.25) is 0 Å². The first kappa shape index (κ1) is 11.9. The van der Waals surface area contributed by atoms with E-state index in [1.807, 2.05) is 30.3 Å². The Morgan fingerprint density at radius 3 is 2.94 bits per heavy atom. The minimum atomic E-state index is 0.271. The summed E-state index contributed by atoms with van der Waals surface area (Å²) in [6, 6.07) is 9.96. The third kappa shape index (κ3) is 2.08. The first-order chi connectivity index (χ1) is 8.78. The van der Waals surface area contributed by atoms with Crippen LogP contribution >= 0.6 is 27.3 Å². The Kier molecular flexibility index (Phi) is 3.18. The van der Waals surface area contributed by atoms with Crippen LogP contribution in [0.15, 0.2) is 34.7 Å². The zero-order chi connectivity index (χ0) is 12.5. The summed E-state index contributed by atoms with van der Waals surface area (Å²) in [6.45, 7) is 2.11. The lowest BCUT2D eigenvalue weighted by atomic mass is 10.2. The molecule has 0 bridgehead atoms. The number of alkyl halides is 1. The fourth-order valence-electron chi connectivity index (χ4n) is 1.72. The van der Waals surface area contributed by atoms with Crippen LogP contribution in [0.1, 0.15) is 23.2 Å². The van der Waals surface area contributed by atoms with Crippen molar-refractivity contribution in [2.45, 2.75) is 18.2 Å². The second kappa shape index (κ2) is 4.82. The number of hydrogen-bond acceptors (Lipinski definition) is 4. The fraction of sp³-hybridized carbons (Fsp3) is 0.231. The summed E-state index contributed by atoms with van der Waals surface area (Å²) in [6.07, 6.45) is 0.995. The van der Waals surface area contributed by atoms with Crippen molar-refractivity contribution < 1.29 is 4.42 Å². The number of halogens is 1. The normalized spacial score (nSPS) is 13.0. The van der Waals surface area contributed by atoms with Crippen molar-refractivity contribution in [1.29, 1.82) is 0 Å². The van der Waals surface area contributed by atoms with Crippen LogP contribution in [-0.2, 0) is 0 Å². The molecule has 92 valence electrons. The van der Waals surface area contributed by atoms with Gasteiger partial charge in [-0.1, -0.05) is 52.4 Å². The minimum Gasteiger partial charge on any atom is -0.453 e. The number of hydrogen-bond donors (Lipinski definition) is 0. The van der Waals surface area contributed by atoms with Crippen molar-refractivity contribution in [2.75, 3.05) is 0 Å². The molecular formula is C13H11BrN2OS. The maximum absolute atomic E-state index is 5.77. The predicted octanol–water partition coefficient (Wildman–Crippen LogP) is 4.80. The summed E-state index contributed by atoms with van der Waals surface area (Å²) in [5.41, 5.74) is 0.884. The van der Waals surface area contributed by atoms with Crippen LogP contribution in [0.25, 0.3) is 21.7 Å². The summed E-state index contributed by atoms with van der Waals surface area (Å²) in [5, 5.41) is 11.3. The maximum Gasteiger partial charge on any atom is 0.183 e. The fourth-order valence-corrected chi connectivity index (χ4v) is 2.95. The van der Waals surface area contributed by atoms with Crippen molar-refractivity contribution in [3.05, 3.63) is 35.3 Å². The van der Waals surface area contributed by atoms with Gasteiger partial charge in [-0.2, -0.15) is 0 Å². The van der Waals surface area contributed by atoms with Crippen LogP contribution in [0, 0.1) is 0 Å². The van der Waals surface area contributed by atoms with Crippen LogP contribution in [0.3, 0.4) is 0 Å². The molecule has 1 aromatic carbocycles. The van der Waals surface area contributed by atoms with Crippen LogP contribution in [0.5, 0.6) is 0 Å². The van der Waals surface area contributed by atoms with E-state index in [-0.39, 0.29) is 4.83 Å². The maximum atomic E-state index is 5.77. The zero-order valence-electron chi connectivity index (χ0n) is 9.76. The lowest BCUT2D eigenvalue weighted by Gasteiger charge is -1.97. The number of para-hydroxylation sites is 1. The molecule has 1 atom stereocenters. The average Bonchev–Trinajstić information content (AvgIpc) is 3.03. The number of furan rings is 1. The molecule has 0 aliphatic rings. The van der Waals surface area contributed by atoms with Gasteiger partial charge in [-0.15, -0.1) is 10.2 Å². The van der Waals surface area contributed by atoms with Gasteiger partial charge in [0.15, 0.2) is 10.8 Å². The van der Waals surface area contributed by atoms with Crippen LogP contribution in [-0.4, -0.2) is 10.2 Å². The number of fused-ring (bicyclic) bond motifs is 1. The zero-order valence-corrected chi connectivity index (χ0v) is 12.2. The molecule has 0 fully saturated rings. The average molecular weight is 323 g/mol. The number of nitrogens with zero attached hydrogens (tertiary/aromatic N) is 2. The van der Waals surface area contributed by atoms with Gasteiger partial charge in [0.2, 0.25) is 0 Å². The molecule has 3 aromatic rings. The van der Waals surface area contributed by atoms with E-state index >= 15 is 0 Å². The Hall–Kier alpha value is -1.20. The van der Waals surface area contributed by atoms with E-state index in [0.29, 0.717) is 0 Å². The SMILES string of the molecule is CCC(Br)c1nnc(-c2cc3ccccc3o2)s1. The molecule has 1 unspecified atom stereocenters. The first-order valence-corrected chi connectivity index (χ1v) is 7.47. The largest absolute Gasteiger partial charge is 0.453 e. The van der Waals surface area contributed by atoms with E-state index < -0.39 is 0 Å². The van der Waals surface area contributed by atoms with Crippen molar-refractivity contribution in [1.82, 2.24) is 10.2 Å². The Labute approximate surface area is 117 Å². The van der Waals surface area contributed by atoms with Gasteiger partial charge in [-0.05, 0) is 18.6 Å². The van der Waals surface area contributed by atoms with Gasteiger partial charge in [-0.25, -0.2) is 0 Å². The molecule has 0 spiro atoms. The minimum absolute atomic E-state index is 0.271. The van der Waals surface area contributed by atoms with Crippen LogP contribution in [0.4, 0.5) is 0 Å². The molecule has 18 heavy (non-hydrogen) atoms. The highest BCUT2D eigenvalue weighted by Crippen LogP contribution is 2.34. The van der Waals surface area contributed by atoms with Gasteiger partial charge in [0, 0.05) is 5.39 Å². The molecule has 2 aromatic heterocycles. The highest BCUT2D eigenvalue weighted by atomic mass is 79.9. The monoisotopic (exact) mass is 322 g/mol. The van der Waals surface area contributed by atoms with Gasteiger partial charge >= 0.3 is 0 Å². The summed E-state index contributed by atoms with van der Waals surface area (Å²) < 4.78 is 5.77. The summed E-state index contributed by atoms with van der Waals surface area (Å²) in [4.78, 5) is 0.271. The van der Waals surface area contributed by atoms with Gasteiger partial charge in [0.25, 0.3) is 0 Å². The molecule has 0 aliphatic heterocycles. The number of rotatable bonds is 3.